The number of hydrogen-bond donors (Lipinski definition) is 1. The lowest BCUT2D eigenvalue weighted by atomic mass is 9.97. The summed E-state index contributed by atoms with van der Waals surface area (Å²) in [4.78, 5) is 20.3. The number of carbonyl (C=O) groups is 1. The summed E-state index contributed by atoms with van der Waals surface area (Å²) in [5.74, 6) is -0.0205. The molecule has 4 rings (SSSR count). The number of nitrogens with two attached hydrogens (primary N) is 1. The van der Waals surface area contributed by atoms with Crippen molar-refractivity contribution in [1.82, 2.24) is 14.7 Å². The predicted molar refractivity (Wildman–Crippen MR) is 157 cm³/mol. The van der Waals surface area contributed by atoms with Gasteiger partial charge in [0.15, 0.2) is 0 Å². The van der Waals surface area contributed by atoms with Crippen molar-refractivity contribution >= 4 is 53.9 Å². The zero-order valence-electron chi connectivity index (χ0n) is 21.5. The van der Waals surface area contributed by atoms with Crippen molar-refractivity contribution in [2.24, 2.45) is 5.73 Å². The molecule has 37 heavy (non-hydrogen) atoms. The summed E-state index contributed by atoms with van der Waals surface area (Å²) < 4.78 is 5.45. The SMILES string of the molecule is Cc1ccc(C[C@@H]2CN(CCC(N)N3CCOCC3)CCN2C(=O)c2cc(Cl)cc(Cl)c2)cc1C.Cl.Cl. The number of nitrogens with zero attached hydrogens (tertiary/aromatic N) is 3. The van der Waals surface area contributed by atoms with E-state index < -0.39 is 0 Å². The molecule has 2 aromatic rings. The molecule has 1 amide bonds. The molecular formula is C27H38Cl4N4O2. The maximum atomic E-state index is 13.6. The highest BCUT2D eigenvalue weighted by atomic mass is 35.5. The van der Waals surface area contributed by atoms with Gasteiger partial charge in [0, 0.05) is 60.9 Å². The second-order valence-electron chi connectivity index (χ2n) is 9.74. The van der Waals surface area contributed by atoms with Crippen molar-refractivity contribution in [2.75, 3.05) is 52.5 Å². The van der Waals surface area contributed by atoms with Gasteiger partial charge < -0.3 is 15.4 Å². The Morgan fingerprint density at radius 3 is 2.32 bits per heavy atom. The molecule has 2 atom stereocenters. The summed E-state index contributed by atoms with van der Waals surface area (Å²) in [5, 5.41) is 0.949. The molecule has 2 heterocycles. The van der Waals surface area contributed by atoms with E-state index in [2.05, 4.69) is 41.8 Å². The number of benzene rings is 2. The molecule has 0 aromatic heterocycles. The first-order valence-corrected chi connectivity index (χ1v) is 13.2. The van der Waals surface area contributed by atoms with E-state index >= 15 is 0 Å². The van der Waals surface area contributed by atoms with Gasteiger partial charge in [0.2, 0.25) is 0 Å². The molecule has 2 aliphatic heterocycles. The highest BCUT2D eigenvalue weighted by Gasteiger charge is 2.32. The van der Waals surface area contributed by atoms with Crippen molar-refractivity contribution in [2.45, 2.75) is 38.9 Å². The van der Waals surface area contributed by atoms with Crippen molar-refractivity contribution < 1.29 is 9.53 Å². The summed E-state index contributed by atoms with van der Waals surface area (Å²) in [5.41, 5.74) is 10.8. The Hall–Kier alpha value is -1.09. The van der Waals surface area contributed by atoms with E-state index in [0.717, 1.165) is 58.8 Å². The average molecular weight is 592 g/mol. The molecular weight excluding hydrogens is 554 g/mol. The Balaban J connectivity index is 0.00000241. The molecule has 1 unspecified atom stereocenters. The third kappa shape index (κ3) is 8.70. The molecule has 6 nitrogen and oxygen atoms in total. The van der Waals surface area contributed by atoms with Gasteiger partial charge in [0.1, 0.15) is 0 Å². The minimum absolute atomic E-state index is 0. The van der Waals surface area contributed by atoms with E-state index in [1.54, 1.807) is 18.2 Å². The van der Waals surface area contributed by atoms with E-state index in [9.17, 15) is 4.79 Å². The lowest BCUT2D eigenvalue weighted by Crippen LogP contribution is -2.57. The minimum atomic E-state index is -0.0205. The largest absolute Gasteiger partial charge is 0.379 e. The number of hydrogen-bond acceptors (Lipinski definition) is 5. The summed E-state index contributed by atoms with van der Waals surface area (Å²) >= 11 is 12.4. The maximum Gasteiger partial charge on any atom is 0.254 e. The number of carbonyl (C=O) groups excluding carboxylic acids is 1. The highest BCUT2D eigenvalue weighted by Crippen LogP contribution is 2.24. The van der Waals surface area contributed by atoms with E-state index in [1.807, 2.05) is 4.90 Å². The van der Waals surface area contributed by atoms with Gasteiger partial charge in [-0.15, -0.1) is 24.8 Å². The smallest absolute Gasteiger partial charge is 0.254 e. The number of amides is 1. The van der Waals surface area contributed by atoms with E-state index in [-0.39, 0.29) is 42.9 Å². The van der Waals surface area contributed by atoms with Gasteiger partial charge in [0.25, 0.3) is 5.91 Å². The van der Waals surface area contributed by atoms with Gasteiger partial charge in [-0.25, -0.2) is 0 Å². The van der Waals surface area contributed by atoms with Crippen LogP contribution in [0.15, 0.2) is 36.4 Å². The Labute approximate surface area is 243 Å². The Kier molecular flexibility index (Phi) is 12.9. The average Bonchev–Trinajstić information content (AvgIpc) is 2.84. The number of halogens is 4. The highest BCUT2D eigenvalue weighted by molar-refractivity contribution is 6.35. The molecule has 0 bridgehead atoms. The normalized spacial score (nSPS) is 19.6. The van der Waals surface area contributed by atoms with Crippen molar-refractivity contribution in [1.29, 1.82) is 0 Å². The lowest BCUT2D eigenvalue weighted by Gasteiger charge is -2.42. The Bertz CT molecular complexity index is 1020. The van der Waals surface area contributed by atoms with Crippen LogP contribution in [0.25, 0.3) is 0 Å². The van der Waals surface area contributed by atoms with Crippen molar-refractivity contribution in [3.8, 4) is 0 Å². The molecule has 10 heteroatoms. The zero-order valence-corrected chi connectivity index (χ0v) is 24.6. The third-order valence-electron chi connectivity index (χ3n) is 7.24. The predicted octanol–water partition coefficient (Wildman–Crippen LogP) is 4.83. The van der Waals surface area contributed by atoms with Crippen LogP contribution in [0.1, 0.15) is 33.5 Å². The van der Waals surface area contributed by atoms with Gasteiger partial charge in [-0.1, -0.05) is 41.4 Å². The fraction of sp³-hybridized carbons (Fsp3) is 0.519. The zero-order chi connectivity index (χ0) is 24.9. The van der Waals surface area contributed by atoms with Gasteiger partial charge in [0.05, 0.1) is 19.4 Å². The molecule has 2 saturated heterocycles. The molecule has 2 aromatic carbocycles. The van der Waals surface area contributed by atoms with Crippen LogP contribution < -0.4 is 5.73 Å². The number of rotatable bonds is 7. The first kappa shape index (κ1) is 32.1. The number of aryl methyl sites for hydroxylation is 2. The van der Waals surface area contributed by atoms with Gasteiger partial charge in [-0.2, -0.15) is 0 Å². The Morgan fingerprint density at radius 1 is 1.00 bits per heavy atom. The minimum Gasteiger partial charge on any atom is -0.379 e. The van der Waals surface area contributed by atoms with E-state index in [4.69, 9.17) is 33.7 Å². The number of ether oxygens (including phenoxy) is 1. The molecule has 0 aliphatic carbocycles. The fourth-order valence-corrected chi connectivity index (χ4v) is 5.54. The van der Waals surface area contributed by atoms with Gasteiger partial charge >= 0.3 is 0 Å². The van der Waals surface area contributed by atoms with E-state index in [1.165, 1.54) is 16.7 Å². The second-order valence-corrected chi connectivity index (χ2v) is 10.6. The lowest BCUT2D eigenvalue weighted by molar-refractivity contribution is 0.0109. The summed E-state index contributed by atoms with van der Waals surface area (Å²) in [6, 6.07) is 11.7. The number of piperazine rings is 1. The molecule has 2 aliphatic rings. The molecule has 0 spiro atoms. The van der Waals surface area contributed by atoms with Crippen LogP contribution in [0.4, 0.5) is 0 Å². The molecule has 0 saturated carbocycles. The quantitative estimate of drug-likeness (QED) is 0.500. The van der Waals surface area contributed by atoms with Gasteiger partial charge in [-0.3, -0.25) is 14.6 Å². The first-order valence-electron chi connectivity index (χ1n) is 12.4. The summed E-state index contributed by atoms with van der Waals surface area (Å²) in [7, 11) is 0. The van der Waals surface area contributed by atoms with Crippen LogP contribution in [-0.4, -0.2) is 85.3 Å². The molecule has 2 fully saturated rings. The van der Waals surface area contributed by atoms with Gasteiger partial charge in [-0.05, 0) is 61.6 Å². The van der Waals surface area contributed by atoms with Crippen LogP contribution >= 0.6 is 48.0 Å². The van der Waals surface area contributed by atoms with Crippen LogP contribution in [0.2, 0.25) is 10.0 Å². The maximum absolute atomic E-state index is 13.6. The first-order chi connectivity index (χ1) is 16.8. The summed E-state index contributed by atoms with van der Waals surface area (Å²) in [6.45, 7) is 10.7. The molecule has 206 valence electrons. The van der Waals surface area contributed by atoms with Crippen LogP contribution in [-0.2, 0) is 11.2 Å². The third-order valence-corrected chi connectivity index (χ3v) is 7.67. The summed E-state index contributed by atoms with van der Waals surface area (Å²) in [6.07, 6.45) is 1.73. The standard InChI is InChI=1S/C27H36Cl2N4O2.2ClH/c1-19-3-4-21(13-20(19)2)14-25-18-31(6-5-26(30)32-9-11-35-12-10-32)7-8-33(25)27(34)22-15-23(28)17-24(29)16-22;;/h3-4,13,15-17,25-26H,5-12,14,18,30H2,1-2H3;2*1H/t25-,26?;;/m1../s1. The van der Waals surface area contributed by atoms with Crippen molar-refractivity contribution in [3.63, 3.8) is 0 Å². The monoisotopic (exact) mass is 590 g/mol. The van der Waals surface area contributed by atoms with Crippen LogP contribution in [0.3, 0.4) is 0 Å². The second kappa shape index (κ2) is 14.9. The number of morpholine rings is 1. The van der Waals surface area contributed by atoms with E-state index in [0.29, 0.717) is 22.2 Å². The molecule has 2 N–H and O–H groups in total. The molecule has 0 radical (unpaired) electrons. The van der Waals surface area contributed by atoms with Crippen LogP contribution in [0, 0.1) is 13.8 Å². The fourth-order valence-electron chi connectivity index (χ4n) is 5.02. The topological polar surface area (TPSA) is 62.0 Å². The van der Waals surface area contributed by atoms with Crippen molar-refractivity contribution in [3.05, 3.63) is 68.7 Å². The Morgan fingerprint density at radius 2 is 1.68 bits per heavy atom. The van der Waals surface area contributed by atoms with Crippen LogP contribution in [0.5, 0.6) is 0 Å².